The van der Waals surface area contributed by atoms with Gasteiger partial charge in [-0.1, -0.05) is 25.7 Å². The van der Waals surface area contributed by atoms with Crippen LogP contribution >= 0.6 is 0 Å². The third-order valence-corrected chi connectivity index (χ3v) is 2.23. The van der Waals surface area contributed by atoms with Crippen molar-refractivity contribution in [2.75, 3.05) is 32.9 Å². The zero-order chi connectivity index (χ0) is 10.4. The summed E-state index contributed by atoms with van der Waals surface area (Å²) in [5.74, 6) is 6.67. The maximum absolute atomic E-state index is 9.10. The molecule has 1 fully saturated rings. The molecule has 14 heavy (non-hydrogen) atoms. The monoisotopic (exact) mass is 197 g/mol. The molecule has 1 atom stereocenters. The molecule has 0 aromatic carbocycles. The quantitative estimate of drug-likeness (QED) is 0.648. The summed E-state index contributed by atoms with van der Waals surface area (Å²) in [7, 11) is 0. The number of ether oxygens (including phenoxy) is 1. The van der Waals surface area contributed by atoms with E-state index in [-0.39, 0.29) is 12.6 Å². The van der Waals surface area contributed by atoms with Crippen LogP contribution in [0, 0.1) is 17.8 Å². The molecule has 80 valence electrons. The highest BCUT2D eigenvalue weighted by Crippen LogP contribution is 2.04. The van der Waals surface area contributed by atoms with E-state index < -0.39 is 0 Å². The number of aliphatic hydroxyl groups excluding tert-OH is 1. The van der Waals surface area contributed by atoms with E-state index in [4.69, 9.17) is 9.84 Å². The number of hydrogen-bond acceptors (Lipinski definition) is 3. The smallest absolute Gasteiger partial charge is 0.0645 e. The minimum absolute atomic E-state index is 0.130. The van der Waals surface area contributed by atoms with E-state index >= 15 is 0 Å². The lowest BCUT2D eigenvalue weighted by atomic mass is 10.2. The minimum atomic E-state index is 0.130. The Hall–Kier alpha value is -0.560. The van der Waals surface area contributed by atoms with Gasteiger partial charge in [0, 0.05) is 12.5 Å². The fourth-order valence-electron chi connectivity index (χ4n) is 1.42. The summed E-state index contributed by atoms with van der Waals surface area (Å²) >= 11 is 0. The van der Waals surface area contributed by atoms with Crippen LogP contribution in [-0.2, 0) is 4.74 Å². The second-order valence-electron chi connectivity index (χ2n) is 3.86. The molecule has 0 aromatic rings. The average molecular weight is 197 g/mol. The maximum atomic E-state index is 9.10. The zero-order valence-electron chi connectivity index (χ0n) is 8.99. The maximum Gasteiger partial charge on any atom is 0.0645 e. The van der Waals surface area contributed by atoms with Crippen LogP contribution in [0.5, 0.6) is 0 Å². The predicted octanol–water partition coefficient (Wildman–Crippen LogP) is 0.339. The summed E-state index contributed by atoms with van der Waals surface area (Å²) in [6.07, 6.45) is 0. The summed E-state index contributed by atoms with van der Waals surface area (Å²) in [6.45, 7) is 7.31. The summed E-state index contributed by atoms with van der Waals surface area (Å²) in [5.41, 5.74) is 0. The van der Waals surface area contributed by atoms with E-state index in [0.717, 1.165) is 19.7 Å². The average Bonchev–Trinajstić information content (AvgIpc) is 2.18. The highest BCUT2D eigenvalue weighted by atomic mass is 16.5. The molecule has 0 bridgehead atoms. The molecule has 1 N–H and O–H groups in total. The van der Waals surface area contributed by atoms with Gasteiger partial charge in [0.25, 0.3) is 0 Å². The Morgan fingerprint density at radius 1 is 1.57 bits per heavy atom. The molecule has 0 radical (unpaired) electrons. The van der Waals surface area contributed by atoms with Crippen LogP contribution < -0.4 is 0 Å². The van der Waals surface area contributed by atoms with Crippen LogP contribution in [0.15, 0.2) is 0 Å². The Kier molecular flexibility index (Phi) is 4.95. The highest BCUT2D eigenvalue weighted by molar-refractivity contribution is 5.04. The molecule has 1 aliphatic heterocycles. The lowest BCUT2D eigenvalue weighted by Crippen LogP contribution is -2.47. The van der Waals surface area contributed by atoms with Crippen molar-refractivity contribution in [1.29, 1.82) is 0 Å². The van der Waals surface area contributed by atoms with Crippen molar-refractivity contribution in [2.24, 2.45) is 5.92 Å². The number of aliphatic hydroxyl groups is 1. The Labute approximate surface area is 86.0 Å². The number of nitrogens with zero attached hydrogens (tertiary/aromatic N) is 1. The van der Waals surface area contributed by atoms with Crippen LogP contribution in [0.25, 0.3) is 0 Å². The highest BCUT2D eigenvalue weighted by Gasteiger charge is 2.20. The molecule has 3 heteroatoms. The van der Waals surface area contributed by atoms with E-state index in [1.807, 2.05) is 0 Å². The van der Waals surface area contributed by atoms with Crippen molar-refractivity contribution in [2.45, 2.75) is 19.9 Å². The Morgan fingerprint density at radius 2 is 2.36 bits per heavy atom. The van der Waals surface area contributed by atoms with Crippen LogP contribution in [-0.4, -0.2) is 49.0 Å². The summed E-state index contributed by atoms with van der Waals surface area (Å²) in [5, 5.41) is 9.10. The van der Waals surface area contributed by atoms with E-state index in [9.17, 15) is 0 Å². The molecular weight excluding hydrogens is 178 g/mol. The van der Waals surface area contributed by atoms with Crippen LogP contribution in [0.2, 0.25) is 0 Å². The van der Waals surface area contributed by atoms with Crippen molar-refractivity contribution in [3.05, 3.63) is 0 Å². The van der Waals surface area contributed by atoms with Gasteiger partial charge >= 0.3 is 0 Å². The molecule has 0 saturated carbocycles. The van der Waals surface area contributed by atoms with Gasteiger partial charge in [0.2, 0.25) is 0 Å². The Bertz CT molecular complexity index is 217. The summed E-state index contributed by atoms with van der Waals surface area (Å²) in [6, 6.07) is 0.130. The van der Waals surface area contributed by atoms with Gasteiger partial charge in [0.1, 0.15) is 0 Å². The SMILES string of the molecule is CC(C)C#CCN1CCOCC1CO. The molecule has 1 heterocycles. The largest absolute Gasteiger partial charge is 0.395 e. The fraction of sp³-hybridized carbons (Fsp3) is 0.818. The van der Waals surface area contributed by atoms with Crippen LogP contribution in [0.1, 0.15) is 13.8 Å². The van der Waals surface area contributed by atoms with Gasteiger partial charge in [0.05, 0.1) is 32.4 Å². The second-order valence-corrected chi connectivity index (χ2v) is 3.86. The molecule has 1 aliphatic rings. The van der Waals surface area contributed by atoms with Gasteiger partial charge in [-0.05, 0) is 0 Å². The first-order chi connectivity index (χ1) is 6.74. The molecule has 3 nitrogen and oxygen atoms in total. The summed E-state index contributed by atoms with van der Waals surface area (Å²) < 4.78 is 5.28. The van der Waals surface area contributed by atoms with Gasteiger partial charge in [-0.15, -0.1) is 0 Å². The predicted molar refractivity (Wildman–Crippen MR) is 55.9 cm³/mol. The van der Waals surface area contributed by atoms with Gasteiger partial charge < -0.3 is 9.84 Å². The molecule has 0 aromatic heterocycles. The van der Waals surface area contributed by atoms with Crippen LogP contribution in [0.4, 0.5) is 0 Å². The molecule has 1 saturated heterocycles. The van der Waals surface area contributed by atoms with Crippen molar-refractivity contribution in [1.82, 2.24) is 4.90 Å². The third kappa shape index (κ3) is 3.67. The second kappa shape index (κ2) is 6.02. The lowest BCUT2D eigenvalue weighted by Gasteiger charge is -2.32. The first kappa shape index (κ1) is 11.5. The number of morpholine rings is 1. The van der Waals surface area contributed by atoms with E-state index in [1.54, 1.807) is 0 Å². The number of rotatable bonds is 2. The van der Waals surface area contributed by atoms with E-state index in [2.05, 4.69) is 30.6 Å². The third-order valence-electron chi connectivity index (χ3n) is 2.23. The Balaban J connectivity index is 2.38. The molecule has 1 rings (SSSR count). The van der Waals surface area contributed by atoms with Crippen molar-refractivity contribution < 1.29 is 9.84 Å². The molecular formula is C11H19NO2. The first-order valence-corrected chi connectivity index (χ1v) is 5.15. The zero-order valence-corrected chi connectivity index (χ0v) is 8.99. The van der Waals surface area contributed by atoms with Crippen LogP contribution in [0.3, 0.4) is 0 Å². The molecule has 0 amide bonds. The van der Waals surface area contributed by atoms with Gasteiger partial charge in [0.15, 0.2) is 0 Å². The first-order valence-electron chi connectivity index (χ1n) is 5.15. The Morgan fingerprint density at radius 3 is 3.00 bits per heavy atom. The molecule has 0 spiro atoms. The minimum Gasteiger partial charge on any atom is -0.395 e. The standard InChI is InChI=1S/C11H19NO2/c1-10(2)4-3-5-12-6-7-14-9-11(12)8-13/h10-11,13H,5-9H2,1-2H3. The topological polar surface area (TPSA) is 32.7 Å². The van der Waals surface area contributed by atoms with Gasteiger partial charge in [-0.2, -0.15) is 0 Å². The fourth-order valence-corrected chi connectivity index (χ4v) is 1.42. The van der Waals surface area contributed by atoms with Crippen molar-refractivity contribution in [3.8, 4) is 11.8 Å². The van der Waals surface area contributed by atoms with Crippen molar-refractivity contribution >= 4 is 0 Å². The number of hydrogen-bond donors (Lipinski definition) is 1. The molecule has 1 unspecified atom stereocenters. The van der Waals surface area contributed by atoms with E-state index in [0.29, 0.717) is 12.5 Å². The van der Waals surface area contributed by atoms with Crippen molar-refractivity contribution in [3.63, 3.8) is 0 Å². The lowest BCUT2D eigenvalue weighted by molar-refractivity contribution is -0.0210. The van der Waals surface area contributed by atoms with Gasteiger partial charge in [-0.25, -0.2) is 0 Å². The van der Waals surface area contributed by atoms with E-state index in [1.165, 1.54) is 0 Å². The molecule has 0 aliphatic carbocycles. The normalized spacial score (nSPS) is 23.3. The van der Waals surface area contributed by atoms with Gasteiger partial charge in [-0.3, -0.25) is 4.90 Å². The summed E-state index contributed by atoms with van der Waals surface area (Å²) in [4.78, 5) is 2.18.